The van der Waals surface area contributed by atoms with Crippen LogP contribution in [0.5, 0.6) is 0 Å². The number of nitrogens with one attached hydrogen (secondary N) is 4. The average Bonchev–Trinajstić information content (AvgIpc) is 2.98. The molecule has 0 aromatic carbocycles. The van der Waals surface area contributed by atoms with Gasteiger partial charge in [0.2, 0.25) is 0 Å². The summed E-state index contributed by atoms with van der Waals surface area (Å²) >= 11 is 0. The normalized spacial score (nSPS) is 33.1. The Morgan fingerprint density at radius 2 is 1.97 bits per heavy atom. The van der Waals surface area contributed by atoms with Crippen LogP contribution >= 0.6 is 0 Å². The van der Waals surface area contributed by atoms with Crippen molar-refractivity contribution in [3.8, 4) is 0 Å². The summed E-state index contributed by atoms with van der Waals surface area (Å²) in [7, 11) is -10.4. The van der Waals surface area contributed by atoms with Crippen molar-refractivity contribution in [3.05, 3.63) is 0 Å². The fraction of sp³-hybridized carbons (Fsp3) is 0.700. The van der Waals surface area contributed by atoms with Gasteiger partial charge in [-0.25, -0.2) is 36.2 Å². The lowest BCUT2D eigenvalue weighted by Gasteiger charge is -2.41. The van der Waals surface area contributed by atoms with E-state index in [0.717, 1.165) is 9.30 Å². The lowest BCUT2D eigenvalue weighted by Crippen LogP contribution is -2.92. The van der Waals surface area contributed by atoms with Crippen molar-refractivity contribution < 1.29 is 55.3 Å². The number of hydrogen-bond acceptors (Lipinski definition) is 14. The van der Waals surface area contributed by atoms with E-state index in [0.29, 0.717) is 0 Å². The molecule has 0 radical (unpaired) electrons. The van der Waals surface area contributed by atoms with Gasteiger partial charge >= 0.3 is 18.0 Å². The molecule has 0 saturated carbocycles. The fourth-order valence-corrected chi connectivity index (χ4v) is 4.96. The number of rotatable bonds is 4. The molecular weight excluding hydrogens is 442 g/mol. The summed E-state index contributed by atoms with van der Waals surface area (Å²) in [5.41, 5.74) is 9.34. The second kappa shape index (κ2) is 6.27. The summed E-state index contributed by atoms with van der Waals surface area (Å²) in [5.74, 6) is -3.78. The number of guanidine groups is 2. The van der Waals surface area contributed by atoms with Crippen LogP contribution in [0.3, 0.4) is 0 Å². The highest BCUT2D eigenvalue weighted by atomic mass is 32.2. The van der Waals surface area contributed by atoms with Gasteiger partial charge in [0.15, 0.2) is 16.3 Å². The van der Waals surface area contributed by atoms with E-state index in [4.69, 9.17) is 11.5 Å². The monoisotopic (exact) mass is 459 g/mol. The largest absolute Gasteiger partial charge is 0.747 e. The van der Waals surface area contributed by atoms with E-state index in [1.54, 1.807) is 0 Å². The molecule has 3 aliphatic rings. The van der Waals surface area contributed by atoms with Gasteiger partial charge in [-0.3, -0.25) is 21.8 Å². The third-order valence-electron chi connectivity index (χ3n) is 4.85. The quantitative estimate of drug-likeness (QED) is 0.110. The number of nitrogens with zero attached hydrogens (tertiary/aromatic N) is 1. The molecule has 3 aliphatic heterocycles. The minimum Gasteiger partial charge on any atom is -0.747 e. The van der Waals surface area contributed by atoms with Gasteiger partial charge < -0.3 is 24.1 Å². The van der Waals surface area contributed by atoms with Crippen LogP contribution in [0.4, 0.5) is 4.79 Å². The highest BCUT2D eigenvalue weighted by molar-refractivity contribution is 7.86. The molecule has 1 fully saturated rings. The van der Waals surface area contributed by atoms with Crippen LogP contribution < -0.4 is 31.8 Å². The van der Waals surface area contributed by atoms with Crippen molar-refractivity contribution in [1.82, 2.24) is 15.4 Å². The number of carbonyl (C=O) groups is 1. The summed E-state index contributed by atoms with van der Waals surface area (Å²) in [5, 5.41) is 24.2. The molecule has 2 unspecified atom stereocenters. The molecule has 1 saturated heterocycles. The van der Waals surface area contributed by atoms with E-state index in [-0.39, 0.29) is 11.9 Å². The first-order chi connectivity index (χ1) is 13.1. The van der Waals surface area contributed by atoms with Gasteiger partial charge in [0.1, 0.15) is 28.0 Å². The highest BCUT2D eigenvalue weighted by Crippen LogP contribution is 2.39. The Morgan fingerprint density at radius 1 is 1.34 bits per heavy atom. The molecule has 0 aromatic heterocycles. The molecule has 1 spiro atoms. The van der Waals surface area contributed by atoms with Crippen LogP contribution in [0.1, 0.15) is 0 Å². The number of amides is 1. The van der Waals surface area contributed by atoms with Gasteiger partial charge in [-0.2, -0.15) is 0 Å². The van der Waals surface area contributed by atoms with Gasteiger partial charge in [-0.15, -0.1) is 0 Å². The molecule has 164 valence electrons. The molecule has 4 atom stereocenters. The zero-order valence-corrected chi connectivity index (χ0v) is 15.9. The van der Waals surface area contributed by atoms with Crippen LogP contribution in [-0.2, 0) is 25.2 Å². The van der Waals surface area contributed by atoms with Gasteiger partial charge in [-0.1, -0.05) is 0 Å². The van der Waals surface area contributed by atoms with Crippen LogP contribution in [-0.4, -0.2) is 101 Å². The van der Waals surface area contributed by atoms with Gasteiger partial charge in [0, 0.05) is 0 Å². The van der Waals surface area contributed by atoms with Crippen molar-refractivity contribution in [2.24, 2.45) is 11.5 Å². The first kappa shape index (κ1) is 21.3. The van der Waals surface area contributed by atoms with Gasteiger partial charge in [0.25, 0.3) is 11.4 Å². The van der Waals surface area contributed by atoms with Crippen molar-refractivity contribution in [3.63, 3.8) is 0 Å². The van der Waals surface area contributed by atoms with Crippen LogP contribution in [0.2, 0.25) is 0 Å². The summed E-state index contributed by atoms with van der Waals surface area (Å²) in [4.78, 5) is 14.0. The van der Waals surface area contributed by atoms with E-state index in [2.05, 4.69) is 20.4 Å². The number of ether oxygens (including phenoxy) is 1. The molecule has 0 aromatic rings. The third kappa shape index (κ3) is 3.30. The van der Waals surface area contributed by atoms with E-state index in [9.17, 15) is 40.9 Å². The van der Waals surface area contributed by atoms with Crippen molar-refractivity contribution >= 4 is 38.4 Å². The number of aliphatic hydroxyl groups is 2. The average molecular weight is 459 g/mol. The molecule has 29 heavy (non-hydrogen) atoms. The van der Waals surface area contributed by atoms with Crippen LogP contribution in [0.25, 0.3) is 0 Å². The molecule has 19 heteroatoms. The van der Waals surface area contributed by atoms with Crippen LogP contribution in [0, 0.1) is 0 Å². The predicted octanol–water partition coefficient (Wildman–Crippen LogP) is -8.86. The number of hydrogen-bond donors (Lipinski definition) is 8. The Hall–Kier alpha value is -2.45. The topological polar surface area (TPSA) is 286 Å². The molecule has 0 aliphatic carbocycles. The van der Waals surface area contributed by atoms with Crippen molar-refractivity contribution in [2.45, 2.75) is 28.8 Å². The van der Waals surface area contributed by atoms with E-state index in [1.807, 2.05) is 0 Å². The SMILES string of the molecule is NC1=[NH+][C@H]2[C@H](COC(=O)NS(=O)(=O)[O-])NC(N)=[N+]3CC(S(=O)(=O)[O-])C(O)(O)C23N1. The molecule has 10 N–H and O–H groups in total. The zero-order chi connectivity index (χ0) is 22.0. The third-order valence-corrected chi connectivity index (χ3v) is 6.44. The van der Waals surface area contributed by atoms with E-state index in [1.165, 1.54) is 0 Å². The maximum absolute atomic E-state index is 11.6. The van der Waals surface area contributed by atoms with E-state index >= 15 is 0 Å². The molecular formula is C10H17N7O10S2. The first-order valence-corrected chi connectivity index (χ1v) is 10.6. The maximum atomic E-state index is 11.6. The second-order valence-corrected chi connectivity index (χ2v) is 9.20. The molecule has 3 rings (SSSR count). The number of carbonyl (C=O) groups excluding carboxylic acids is 1. The van der Waals surface area contributed by atoms with Crippen LogP contribution in [0.15, 0.2) is 0 Å². The molecule has 17 nitrogen and oxygen atoms in total. The number of nitrogens with two attached hydrogens (primary N) is 2. The summed E-state index contributed by atoms with van der Waals surface area (Å²) in [6, 6.07) is -2.40. The predicted molar refractivity (Wildman–Crippen MR) is 85.9 cm³/mol. The second-order valence-electron chi connectivity index (χ2n) is 6.54. The first-order valence-electron chi connectivity index (χ1n) is 7.73. The standard InChI is InChI=1S/C10H17N7O10S2/c11-6-14-5-3(2-27-8(18)16-29(24,25)26)13-7(12)17-1-4(28(21,22)23)10(19,20)9(5,17)15-6/h3-5,19-20H,1-2H2,(H8,11,12,13,14,15,16,18,21,22,23,24,25,26)/t3-,4?,5-,9?/m0/s1. The highest BCUT2D eigenvalue weighted by Gasteiger charge is 2.79. The van der Waals surface area contributed by atoms with Crippen molar-refractivity contribution in [2.75, 3.05) is 13.2 Å². The Morgan fingerprint density at radius 3 is 2.52 bits per heavy atom. The summed E-state index contributed by atoms with van der Waals surface area (Å²) in [6.45, 7) is -1.40. The summed E-state index contributed by atoms with van der Waals surface area (Å²) < 4.78 is 72.9. The molecule has 1 amide bonds. The Kier molecular flexibility index (Phi) is 4.60. The van der Waals surface area contributed by atoms with Gasteiger partial charge in [0.05, 0.1) is 6.54 Å². The fourth-order valence-electron chi connectivity index (χ4n) is 3.79. The lowest BCUT2D eigenvalue weighted by molar-refractivity contribution is -0.674. The minimum absolute atomic E-state index is 0.246. The Balaban J connectivity index is 1.97. The lowest BCUT2D eigenvalue weighted by atomic mass is 9.87. The Bertz CT molecular complexity index is 1020. The summed E-state index contributed by atoms with van der Waals surface area (Å²) in [6.07, 6.45) is -1.62. The maximum Gasteiger partial charge on any atom is 0.420 e. The smallest absolute Gasteiger partial charge is 0.420 e. The molecule has 3 heterocycles. The zero-order valence-electron chi connectivity index (χ0n) is 14.2. The minimum atomic E-state index is -5.22. The molecule has 0 bridgehead atoms. The van der Waals surface area contributed by atoms with Crippen molar-refractivity contribution in [1.29, 1.82) is 0 Å². The van der Waals surface area contributed by atoms with Gasteiger partial charge in [-0.05, 0) is 0 Å². The van der Waals surface area contributed by atoms with E-state index < -0.39 is 68.5 Å². The Labute approximate surface area is 163 Å².